The van der Waals surface area contributed by atoms with Crippen molar-refractivity contribution in [2.45, 2.75) is 45.6 Å². The highest BCUT2D eigenvalue weighted by Gasteiger charge is 2.30. The summed E-state index contributed by atoms with van der Waals surface area (Å²) in [5, 5.41) is 3.36. The van der Waals surface area contributed by atoms with Crippen molar-refractivity contribution in [2.75, 3.05) is 39.8 Å². The van der Waals surface area contributed by atoms with Crippen LogP contribution in [0.4, 0.5) is 0 Å². The molecule has 2 amide bonds. The molecule has 1 aliphatic rings. The Morgan fingerprint density at radius 1 is 1.19 bits per heavy atom. The van der Waals surface area contributed by atoms with Gasteiger partial charge in [0.2, 0.25) is 11.8 Å². The van der Waals surface area contributed by atoms with Crippen molar-refractivity contribution in [2.24, 2.45) is 0 Å². The van der Waals surface area contributed by atoms with Crippen molar-refractivity contribution >= 4 is 11.8 Å². The molecule has 0 aromatic heterocycles. The van der Waals surface area contributed by atoms with Crippen LogP contribution in [0.2, 0.25) is 0 Å². The first kappa shape index (κ1) is 21.2. The van der Waals surface area contributed by atoms with Gasteiger partial charge in [-0.3, -0.25) is 9.59 Å². The Labute approximate surface area is 162 Å². The first-order chi connectivity index (χ1) is 13.1. The highest BCUT2D eigenvalue weighted by atomic mass is 16.5. The molecule has 1 fully saturated rings. The number of rotatable bonds is 9. The van der Waals surface area contributed by atoms with Crippen molar-refractivity contribution < 1.29 is 14.3 Å². The fourth-order valence-corrected chi connectivity index (χ4v) is 3.64. The standard InChI is InChI=1S/C21H33N3O3/c1-4-13-23(14-5-2)20(25)10-11-21(26)24-15-12-22-16-18(24)17-8-6-7-9-19(17)27-3/h6-9,18,22H,4-5,10-16H2,1-3H3. The van der Waals surface area contributed by atoms with Crippen LogP contribution in [0.15, 0.2) is 24.3 Å². The third kappa shape index (κ3) is 5.70. The van der Waals surface area contributed by atoms with E-state index in [1.807, 2.05) is 34.1 Å². The van der Waals surface area contributed by atoms with Crippen LogP contribution in [0.1, 0.15) is 51.1 Å². The number of amides is 2. The normalized spacial score (nSPS) is 16.9. The number of benzene rings is 1. The summed E-state index contributed by atoms with van der Waals surface area (Å²) >= 11 is 0. The van der Waals surface area contributed by atoms with Gasteiger partial charge >= 0.3 is 0 Å². The molecule has 6 heteroatoms. The summed E-state index contributed by atoms with van der Waals surface area (Å²) in [6.45, 7) is 7.76. The van der Waals surface area contributed by atoms with Crippen molar-refractivity contribution in [1.29, 1.82) is 0 Å². The molecule has 0 spiro atoms. The van der Waals surface area contributed by atoms with Crippen LogP contribution < -0.4 is 10.1 Å². The lowest BCUT2D eigenvalue weighted by atomic mass is 10.0. The zero-order chi connectivity index (χ0) is 19.6. The first-order valence-corrected chi connectivity index (χ1v) is 10.0. The average Bonchev–Trinajstić information content (AvgIpc) is 2.71. The molecule has 1 N–H and O–H groups in total. The molecule has 2 rings (SSSR count). The van der Waals surface area contributed by atoms with Gasteiger partial charge in [0, 0.05) is 51.1 Å². The summed E-state index contributed by atoms with van der Waals surface area (Å²) in [5.74, 6) is 0.905. The Morgan fingerprint density at radius 3 is 2.56 bits per heavy atom. The SMILES string of the molecule is CCCN(CCC)C(=O)CCC(=O)N1CCNCC1c1ccccc1OC. The van der Waals surface area contributed by atoms with Crippen LogP contribution in [-0.4, -0.2) is 61.4 Å². The second-order valence-electron chi connectivity index (χ2n) is 6.93. The Hall–Kier alpha value is -2.08. The van der Waals surface area contributed by atoms with E-state index in [2.05, 4.69) is 19.2 Å². The van der Waals surface area contributed by atoms with Gasteiger partial charge in [0.25, 0.3) is 0 Å². The van der Waals surface area contributed by atoms with Gasteiger partial charge in [-0.05, 0) is 18.9 Å². The lowest BCUT2D eigenvalue weighted by Gasteiger charge is -2.37. The molecule has 1 aromatic rings. The molecule has 1 heterocycles. The van der Waals surface area contributed by atoms with Crippen LogP contribution in [0, 0.1) is 0 Å². The van der Waals surface area contributed by atoms with Crippen molar-refractivity contribution in [3.8, 4) is 5.75 Å². The summed E-state index contributed by atoms with van der Waals surface area (Å²) in [5.41, 5.74) is 1.01. The fraction of sp³-hybridized carbons (Fsp3) is 0.619. The number of ether oxygens (including phenoxy) is 1. The van der Waals surface area contributed by atoms with E-state index in [0.29, 0.717) is 13.1 Å². The van der Waals surface area contributed by atoms with Crippen LogP contribution in [0.5, 0.6) is 5.75 Å². The smallest absolute Gasteiger partial charge is 0.223 e. The van der Waals surface area contributed by atoms with Gasteiger partial charge < -0.3 is 19.9 Å². The molecule has 0 saturated carbocycles. The predicted molar refractivity (Wildman–Crippen MR) is 107 cm³/mol. The summed E-state index contributed by atoms with van der Waals surface area (Å²) in [6.07, 6.45) is 2.41. The molecule has 6 nitrogen and oxygen atoms in total. The molecular weight excluding hydrogens is 342 g/mol. The summed E-state index contributed by atoms with van der Waals surface area (Å²) in [4.78, 5) is 29.2. The van der Waals surface area contributed by atoms with Crippen molar-refractivity contribution in [3.63, 3.8) is 0 Å². The van der Waals surface area contributed by atoms with Gasteiger partial charge in [-0.25, -0.2) is 0 Å². The van der Waals surface area contributed by atoms with Crippen molar-refractivity contribution in [1.82, 2.24) is 15.1 Å². The number of carbonyl (C=O) groups is 2. The minimum Gasteiger partial charge on any atom is -0.496 e. The van der Waals surface area contributed by atoms with Crippen LogP contribution >= 0.6 is 0 Å². The third-order valence-electron chi connectivity index (χ3n) is 4.95. The number of nitrogens with zero attached hydrogens (tertiary/aromatic N) is 2. The highest BCUT2D eigenvalue weighted by molar-refractivity contribution is 5.84. The highest BCUT2D eigenvalue weighted by Crippen LogP contribution is 2.30. The summed E-state index contributed by atoms with van der Waals surface area (Å²) < 4.78 is 5.48. The van der Waals surface area contributed by atoms with E-state index in [4.69, 9.17) is 4.74 Å². The lowest BCUT2D eigenvalue weighted by molar-refractivity contribution is -0.139. The van der Waals surface area contributed by atoms with E-state index in [0.717, 1.165) is 43.8 Å². The molecule has 1 saturated heterocycles. The number of hydrogen-bond acceptors (Lipinski definition) is 4. The van der Waals surface area contributed by atoms with Gasteiger partial charge in [0.05, 0.1) is 13.2 Å². The van der Waals surface area contributed by atoms with Gasteiger partial charge in [-0.15, -0.1) is 0 Å². The summed E-state index contributed by atoms with van der Waals surface area (Å²) in [7, 11) is 1.65. The molecule has 0 bridgehead atoms. The minimum atomic E-state index is -0.0695. The topological polar surface area (TPSA) is 61.9 Å². The second kappa shape index (κ2) is 10.9. The minimum absolute atomic E-state index is 0.0358. The Bertz CT molecular complexity index is 614. The third-order valence-corrected chi connectivity index (χ3v) is 4.95. The molecule has 27 heavy (non-hydrogen) atoms. The van der Waals surface area contributed by atoms with E-state index < -0.39 is 0 Å². The second-order valence-corrected chi connectivity index (χ2v) is 6.93. The number of carbonyl (C=O) groups excluding carboxylic acids is 2. The van der Waals surface area contributed by atoms with Gasteiger partial charge in [-0.1, -0.05) is 32.0 Å². The maximum Gasteiger partial charge on any atom is 0.223 e. The number of piperazine rings is 1. The Kier molecular flexibility index (Phi) is 8.58. The molecule has 1 aromatic carbocycles. The molecule has 1 aliphatic heterocycles. The number of para-hydroxylation sites is 1. The largest absolute Gasteiger partial charge is 0.496 e. The Balaban J connectivity index is 2.03. The maximum absolute atomic E-state index is 12.9. The van der Waals surface area contributed by atoms with E-state index in [1.54, 1.807) is 7.11 Å². The summed E-state index contributed by atoms with van der Waals surface area (Å²) in [6, 6.07) is 7.75. The van der Waals surface area contributed by atoms with Crippen LogP contribution in [0.25, 0.3) is 0 Å². The molecule has 1 atom stereocenters. The van der Waals surface area contributed by atoms with E-state index >= 15 is 0 Å². The van der Waals surface area contributed by atoms with Gasteiger partial charge in [-0.2, -0.15) is 0 Å². The predicted octanol–water partition coefficient (Wildman–Crippen LogP) is 2.60. The number of hydrogen-bond donors (Lipinski definition) is 1. The van der Waals surface area contributed by atoms with Gasteiger partial charge in [0.15, 0.2) is 0 Å². The lowest BCUT2D eigenvalue weighted by Crippen LogP contribution is -2.49. The van der Waals surface area contributed by atoms with Crippen LogP contribution in [0.3, 0.4) is 0 Å². The number of methoxy groups -OCH3 is 1. The molecular formula is C21H33N3O3. The molecule has 0 radical (unpaired) electrons. The van der Waals surface area contributed by atoms with Gasteiger partial charge in [0.1, 0.15) is 5.75 Å². The molecule has 150 valence electrons. The fourth-order valence-electron chi connectivity index (χ4n) is 3.64. The van der Waals surface area contributed by atoms with Crippen LogP contribution in [-0.2, 0) is 9.59 Å². The van der Waals surface area contributed by atoms with Crippen molar-refractivity contribution in [3.05, 3.63) is 29.8 Å². The monoisotopic (exact) mass is 375 g/mol. The average molecular weight is 376 g/mol. The molecule has 1 unspecified atom stereocenters. The number of nitrogens with one attached hydrogen (secondary N) is 1. The first-order valence-electron chi connectivity index (χ1n) is 10.0. The van der Waals surface area contributed by atoms with E-state index in [-0.39, 0.29) is 30.7 Å². The Morgan fingerprint density at radius 2 is 1.89 bits per heavy atom. The zero-order valence-corrected chi connectivity index (χ0v) is 16.9. The quantitative estimate of drug-likeness (QED) is 0.721. The zero-order valence-electron chi connectivity index (χ0n) is 16.9. The van der Waals surface area contributed by atoms with E-state index in [1.165, 1.54) is 0 Å². The molecule has 0 aliphatic carbocycles. The maximum atomic E-state index is 12.9. The van der Waals surface area contributed by atoms with E-state index in [9.17, 15) is 9.59 Å².